The van der Waals surface area contributed by atoms with Gasteiger partial charge in [-0.15, -0.1) is 0 Å². The van der Waals surface area contributed by atoms with Crippen LogP contribution in [0.25, 0.3) is 11.2 Å². The van der Waals surface area contributed by atoms with E-state index < -0.39 is 11.7 Å². The Hall–Kier alpha value is -2.84. The Labute approximate surface area is 121 Å². The fraction of sp³-hybridized carbons (Fsp3) is 0.154. The summed E-state index contributed by atoms with van der Waals surface area (Å²) in [5.74, 6) is 0. The maximum absolute atomic E-state index is 12.7. The molecule has 0 saturated carbocycles. The zero-order valence-corrected chi connectivity index (χ0v) is 11.0. The third kappa shape index (κ3) is 2.41. The predicted octanol–water partition coefficient (Wildman–Crippen LogP) is 2.02. The van der Waals surface area contributed by atoms with E-state index in [2.05, 4.69) is 9.97 Å². The summed E-state index contributed by atoms with van der Waals surface area (Å²) < 4.78 is 40.2. The lowest BCUT2D eigenvalue weighted by Gasteiger charge is -2.09. The van der Waals surface area contributed by atoms with Crippen molar-refractivity contribution in [2.24, 2.45) is 0 Å². The van der Waals surface area contributed by atoms with Gasteiger partial charge in [-0.25, -0.2) is 9.97 Å². The van der Waals surface area contributed by atoms with Gasteiger partial charge in [0.2, 0.25) is 0 Å². The molecule has 0 saturated heterocycles. The minimum atomic E-state index is -4.40. The van der Waals surface area contributed by atoms with Crippen molar-refractivity contribution < 1.29 is 18.4 Å². The fourth-order valence-electron chi connectivity index (χ4n) is 2.11. The molecule has 1 aromatic carbocycles. The molecule has 2 N–H and O–H groups in total. The van der Waals surface area contributed by atoms with Crippen LogP contribution in [0, 0.1) is 5.41 Å². The third-order valence-electron chi connectivity index (χ3n) is 3.16. The molecular weight excluding hydrogens is 299 g/mol. The van der Waals surface area contributed by atoms with E-state index in [0.717, 1.165) is 18.5 Å². The number of aromatic nitrogens is 4. The van der Waals surface area contributed by atoms with Crippen LogP contribution in [-0.2, 0) is 12.7 Å². The van der Waals surface area contributed by atoms with Crippen molar-refractivity contribution in [2.45, 2.75) is 12.7 Å². The van der Waals surface area contributed by atoms with Crippen molar-refractivity contribution in [2.75, 3.05) is 0 Å². The van der Waals surface area contributed by atoms with Gasteiger partial charge in [0.25, 0.3) is 0 Å². The van der Waals surface area contributed by atoms with Crippen molar-refractivity contribution in [3.63, 3.8) is 0 Å². The number of benzene rings is 1. The SMILES string of the molecule is N=c1c2ncn(Cc3cccc(C(F)(F)F)c3)c2ncn1O. The summed E-state index contributed by atoms with van der Waals surface area (Å²) in [6.45, 7) is 0.127. The van der Waals surface area contributed by atoms with Crippen LogP contribution < -0.4 is 5.49 Å². The van der Waals surface area contributed by atoms with Crippen LogP contribution in [0.2, 0.25) is 0 Å². The number of fused-ring (bicyclic) bond motifs is 1. The van der Waals surface area contributed by atoms with Crippen molar-refractivity contribution >= 4 is 11.2 Å². The summed E-state index contributed by atoms with van der Waals surface area (Å²) in [4.78, 5) is 7.90. The molecule has 6 nitrogen and oxygen atoms in total. The zero-order valence-electron chi connectivity index (χ0n) is 11.0. The second-order valence-corrected chi connectivity index (χ2v) is 4.68. The van der Waals surface area contributed by atoms with E-state index in [-0.39, 0.29) is 17.5 Å². The minimum absolute atomic E-state index is 0.127. The molecule has 3 rings (SSSR count). The second kappa shape index (κ2) is 4.86. The van der Waals surface area contributed by atoms with E-state index in [9.17, 15) is 18.4 Å². The average molecular weight is 309 g/mol. The first-order chi connectivity index (χ1) is 10.4. The lowest BCUT2D eigenvalue weighted by Crippen LogP contribution is -2.18. The number of rotatable bonds is 2. The Morgan fingerprint density at radius 2 is 1.95 bits per heavy atom. The van der Waals surface area contributed by atoms with Crippen LogP contribution in [-0.4, -0.2) is 24.5 Å². The van der Waals surface area contributed by atoms with Gasteiger partial charge in [-0.2, -0.15) is 17.9 Å². The van der Waals surface area contributed by atoms with E-state index in [1.807, 2.05) is 0 Å². The van der Waals surface area contributed by atoms with Crippen molar-refractivity contribution in [1.29, 1.82) is 5.41 Å². The Morgan fingerprint density at radius 1 is 1.18 bits per heavy atom. The number of nitrogens with one attached hydrogen (secondary N) is 1. The number of nitrogens with zero attached hydrogens (tertiary/aromatic N) is 4. The molecule has 2 heterocycles. The normalized spacial score (nSPS) is 12.0. The molecule has 2 aromatic heterocycles. The Morgan fingerprint density at radius 3 is 2.68 bits per heavy atom. The maximum Gasteiger partial charge on any atom is 0.416 e. The van der Waals surface area contributed by atoms with Gasteiger partial charge in [0.15, 0.2) is 16.7 Å². The molecule has 0 bridgehead atoms. The second-order valence-electron chi connectivity index (χ2n) is 4.68. The van der Waals surface area contributed by atoms with Crippen molar-refractivity contribution in [3.05, 3.63) is 53.5 Å². The monoisotopic (exact) mass is 309 g/mol. The Kier molecular flexibility index (Phi) is 3.12. The molecule has 0 spiro atoms. The van der Waals surface area contributed by atoms with Crippen LogP contribution in [0.1, 0.15) is 11.1 Å². The van der Waals surface area contributed by atoms with Gasteiger partial charge in [0, 0.05) is 0 Å². The Bertz CT molecular complexity index is 897. The predicted molar refractivity (Wildman–Crippen MR) is 69.1 cm³/mol. The average Bonchev–Trinajstić information content (AvgIpc) is 2.86. The molecule has 0 amide bonds. The molecule has 0 aliphatic carbocycles. The van der Waals surface area contributed by atoms with E-state index >= 15 is 0 Å². The molecule has 22 heavy (non-hydrogen) atoms. The smallest absolute Gasteiger partial charge is 0.416 e. The third-order valence-corrected chi connectivity index (χ3v) is 3.16. The van der Waals surface area contributed by atoms with E-state index in [4.69, 9.17) is 5.41 Å². The maximum atomic E-state index is 12.7. The summed E-state index contributed by atoms with van der Waals surface area (Å²) in [6, 6.07) is 4.97. The molecular formula is C13H10F3N5O. The molecule has 0 radical (unpaired) electrons. The minimum Gasteiger partial charge on any atom is -0.425 e. The van der Waals surface area contributed by atoms with Gasteiger partial charge in [0.05, 0.1) is 18.4 Å². The molecule has 0 atom stereocenters. The van der Waals surface area contributed by atoms with Gasteiger partial charge in [-0.05, 0) is 17.7 Å². The van der Waals surface area contributed by atoms with Crippen LogP contribution in [0.15, 0.2) is 36.9 Å². The molecule has 9 heteroatoms. The van der Waals surface area contributed by atoms with Gasteiger partial charge in [0.1, 0.15) is 6.33 Å². The highest BCUT2D eigenvalue weighted by atomic mass is 19.4. The quantitative estimate of drug-likeness (QED) is 0.711. The highest BCUT2D eigenvalue weighted by Gasteiger charge is 2.30. The van der Waals surface area contributed by atoms with Gasteiger partial charge < -0.3 is 9.77 Å². The number of alkyl halides is 3. The number of halogens is 3. The first-order valence-corrected chi connectivity index (χ1v) is 6.19. The van der Waals surface area contributed by atoms with Crippen LogP contribution in [0.3, 0.4) is 0 Å². The lowest BCUT2D eigenvalue weighted by molar-refractivity contribution is -0.137. The summed E-state index contributed by atoms with van der Waals surface area (Å²) in [5, 5.41) is 17.0. The van der Waals surface area contributed by atoms with Crippen molar-refractivity contribution in [1.82, 2.24) is 19.3 Å². The summed E-state index contributed by atoms with van der Waals surface area (Å²) in [6.07, 6.45) is -1.99. The highest BCUT2D eigenvalue weighted by Crippen LogP contribution is 2.29. The molecule has 3 aromatic rings. The van der Waals surface area contributed by atoms with E-state index in [1.54, 1.807) is 6.07 Å². The zero-order chi connectivity index (χ0) is 15.9. The first kappa shape index (κ1) is 14.1. The number of hydrogen-bond donors (Lipinski definition) is 2. The Balaban J connectivity index is 2.01. The largest absolute Gasteiger partial charge is 0.425 e. The summed E-state index contributed by atoms with van der Waals surface area (Å²) in [5.41, 5.74) is -0.0579. The van der Waals surface area contributed by atoms with E-state index in [1.165, 1.54) is 17.0 Å². The number of imidazole rings is 1. The lowest BCUT2D eigenvalue weighted by atomic mass is 10.1. The van der Waals surface area contributed by atoms with Gasteiger partial charge >= 0.3 is 6.18 Å². The summed E-state index contributed by atoms with van der Waals surface area (Å²) >= 11 is 0. The highest BCUT2D eigenvalue weighted by molar-refractivity contribution is 5.68. The van der Waals surface area contributed by atoms with E-state index in [0.29, 0.717) is 15.9 Å². The number of hydrogen-bond acceptors (Lipinski definition) is 4. The first-order valence-electron chi connectivity index (χ1n) is 6.19. The molecule has 0 aliphatic rings. The molecule has 0 fully saturated rings. The van der Waals surface area contributed by atoms with Crippen LogP contribution >= 0.6 is 0 Å². The van der Waals surface area contributed by atoms with Gasteiger partial charge in [-0.3, -0.25) is 5.41 Å². The molecule has 0 unspecified atom stereocenters. The molecule has 114 valence electrons. The fourth-order valence-corrected chi connectivity index (χ4v) is 2.11. The topological polar surface area (TPSA) is 79.7 Å². The van der Waals surface area contributed by atoms with Crippen LogP contribution in [0.4, 0.5) is 13.2 Å². The van der Waals surface area contributed by atoms with Gasteiger partial charge in [-0.1, -0.05) is 12.1 Å². The van der Waals surface area contributed by atoms with Crippen LogP contribution in [0.5, 0.6) is 0 Å². The molecule has 0 aliphatic heterocycles. The van der Waals surface area contributed by atoms with Crippen molar-refractivity contribution in [3.8, 4) is 0 Å². The summed E-state index contributed by atoms with van der Waals surface area (Å²) in [7, 11) is 0. The standard InChI is InChI=1S/C13H10F3N5O/c14-13(15,16)9-3-1-2-8(4-9)5-20-6-18-10-11(17)21(22)7-19-12(10)20/h1-4,6-7,17,22H,5H2.